The largest absolute Gasteiger partial charge is 0.496 e. The van der Waals surface area contributed by atoms with Crippen molar-refractivity contribution in [1.82, 2.24) is 0 Å². The number of nitrogens with one attached hydrogen (secondary N) is 1. The summed E-state index contributed by atoms with van der Waals surface area (Å²) in [6.07, 6.45) is 0. The third kappa shape index (κ3) is 4.33. The smallest absolute Gasteiger partial charge is 0.130 e. The fraction of sp³-hybridized carbons (Fsp3) is 0.172. The molecule has 32 heavy (non-hydrogen) atoms. The normalized spacial score (nSPS) is 11.6. The van der Waals surface area contributed by atoms with Crippen LogP contribution in [0.4, 0.5) is 5.69 Å². The van der Waals surface area contributed by atoms with Crippen molar-refractivity contribution >= 4 is 5.69 Å². The molecule has 0 aliphatic carbocycles. The summed E-state index contributed by atoms with van der Waals surface area (Å²) in [6, 6.07) is 31.4. The number of methoxy groups -OCH3 is 2. The summed E-state index contributed by atoms with van der Waals surface area (Å²) >= 11 is 0. The van der Waals surface area contributed by atoms with E-state index in [2.05, 4.69) is 85.9 Å². The zero-order chi connectivity index (χ0) is 22.5. The Hall–Kier alpha value is -3.72. The molecule has 0 aliphatic heterocycles. The minimum absolute atomic E-state index is 0.0524. The Morgan fingerprint density at radius 1 is 0.688 bits per heavy atom. The van der Waals surface area contributed by atoms with Crippen LogP contribution in [0.25, 0.3) is 11.1 Å². The number of hydrogen-bond donors (Lipinski definition) is 1. The molecule has 3 heteroatoms. The second-order valence-electron chi connectivity index (χ2n) is 7.93. The van der Waals surface area contributed by atoms with Crippen LogP contribution in [0.3, 0.4) is 0 Å². The monoisotopic (exact) mass is 423 g/mol. The standard InChI is InChI=1S/C29H29NO2/c1-20-17-18-25(21(2)19-20)30-29(22-11-6-5-7-12-22)24-14-9-8-13-23(24)28-26(31-3)15-10-16-27(28)32-4/h5-19,29-30H,1-4H3. The van der Waals surface area contributed by atoms with Gasteiger partial charge in [0.15, 0.2) is 0 Å². The summed E-state index contributed by atoms with van der Waals surface area (Å²) in [4.78, 5) is 0. The summed E-state index contributed by atoms with van der Waals surface area (Å²) in [7, 11) is 3.40. The summed E-state index contributed by atoms with van der Waals surface area (Å²) in [6.45, 7) is 4.27. The molecular formula is C29H29NO2. The lowest BCUT2D eigenvalue weighted by atomic mass is 9.89. The van der Waals surface area contributed by atoms with E-state index in [0.717, 1.165) is 33.9 Å². The fourth-order valence-corrected chi connectivity index (χ4v) is 4.21. The third-order valence-corrected chi connectivity index (χ3v) is 5.78. The van der Waals surface area contributed by atoms with Crippen LogP contribution in [0.15, 0.2) is 91.0 Å². The maximum Gasteiger partial charge on any atom is 0.130 e. The topological polar surface area (TPSA) is 30.5 Å². The number of rotatable bonds is 7. The molecule has 4 aromatic rings. The Kier molecular flexibility index (Phi) is 6.46. The lowest BCUT2D eigenvalue weighted by molar-refractivity contribution is 0.397. The van der Waals surface area contributed by atoms with Gasteiger partial charge in [-0.1, -0.05) is 78.4 Å². The molecule has 4 rings (SSSR count). The van der Waals surface area contributed by atoms with Gasteiger partial charge in [0.1, 0.15) is 11.5 Å². The van der Waals surface area contributed by atoms with E-state index in [-0.39, 0.29) is 6.04 Å². The van der Waals surface area contributed by atoms with Gasteiger partial charge >= 0.3 is 0 Å². The van der Waals surface area contributed by atoms with Crippen LogP contribution in [0.1, 0.15) is 28.3 Å². The van der Waals surface area contributed by atoms with E-state index in [1.165, 1.54) is 16.7 Å². The molecule has 0 saturated heterocycles. The SMILES string of the molecule is COc1cccc(OC)c1-c1ccccc1C(Nc1ccc(C)cc1C)c1ccccc1. The van der Waals surface area contributed by atoms with Crippen LogP contribution >= 0.6 is 0 Å². The number of aryl methyl sites for hydroxylation is 2. The second kappa shape index (κ2) is 9.61. The van der Waals surface area contributed by atoms with E-state index in [9.17, 15) is 0 Å². The molecule has 162 valence electrons. The predicted octanol–water partition coefficient (Wildman–Crippen LogP) is 7.19. The van der Waals surface area contributed by atoms with E-state index in [4.69, 9.17) is 9.47 Å². The number of anilines is 1. The molecular weight excluding hydrogens is 394 g/mol. The van der Waals surface area contributed by atoms with Crippen LogP contribution in [0, 0.1) is 13.8 Å². The first kappa shape index (κ1) is 21.5. The predicted molar refractivity (Wildman–Crippen MR) is 133 cm³/mol. The first-order chi connectivity index (χ1) is 15.6. The van der Waals surface area contributed by atoms with E-state index in [1.807, 2.05) is 24.3 Å². The average Bonchev–Trinajstić information content (AvgIpc) is 2.83. The van der Waals surface area contributed by atoms with Crippen LogP contribution in [-0.4, -0.2) is 14.2 Å². The van der Waals surface area contributed by atoms with Gasteiger partial charge in [-0.15, -0.1) is 0 Å². The molecule has 0 bridgehead atoms. The van der Waals surface area contributed by atoms with E-state index >= 15 is 0 Å². The Labute approximate surface area is 190 Å². The van der Waals surface area contributed by atoms with Crippen LogP contribution in [-0.2, 0) is 0 Å². The molecule has 4 aromatic carbocycles. The van der Waals surface area contributed by atoms with E-state index in [0.29, 0.717) is 0 Å². The van der Waals surface area contributed by atoms with Crippen LogP contribution < -0.4 is 14.8 Å². The van der Waals surface area contributed by atoms with Gasteiger partial charge in [-0.3, -0.25) is 0 Å². The lowest BCUT2D eigenvalue weighted by Crippen LogP contribution is -2.14. The molecule has 0 aromatic heterocycles. The van der Waals surface area contributed by atoms with Gasteiger partial charge < -0.3 is 14.8 Å². The van der Waals surface area contributed by atoms with Gasteiger partial charge in [0, 0.05) is 5.69 Å². The fourth-order valence-electron chi connectivity index (χ4n) is 4.21. The highest BCUT2D eigenvalue weighted by molar-refractivity contribution is 5.80. The molecule has 0 spiro atoms. The Bertz CT molecular complexity index is 1180. The number of benzene rings is 4. The van der Waals surface area contributed by atoms with Crippen molar-refractivity contribution < 1.29 is 9.47 Å². The average molecular weight is 424 g/mol. The molecule has 0 saturated carbocycles. The molecule has 1 atom stereocenters. The lowest BCUT2D eigenvalue weighted by Gasteiger charge is -2.26. The van der Waals surface area contributed by atoms with Crippen LogP contribution in [0.2, 0.25) is 0 Å². The second-order valence-corrected chi connectivity index (χ2v) is 7.93. The highest BCUT2D eigenvalue weighted by Gasteiger charge is 2.22. The first-order valence-corrected chi connectivity index (χ1v) is 10.8. The van der Waals surface area contributed by atoms with Gasteiger partial charge in [-0.05, 0) is 54.3 Å². The molecule has 0 radical (unpaired) electrons. The Morgan fingerprint density at radius 3 is 2.00 bits per heavy atom. The summed E-state index contributed by atoms with van der Waals surface area (Å²) < 4.78 is 11.5. The van der Waals surface area contributed by atoms with E-state index in [1.54, 1.807) is 14.2 Å². The van der Waals surface area contributed by atoms with Crippen molar-refractivity contribution in [3.63, 3.8) is 0 Å². The Morgan fingerprint density at radius 2 is 1.34 bits per heavy atom. The maximum atomic E-state index is 5.73. The molecule has 0 fully saturated rings. The Balaban J connectivity index is 1.91. The summed E-state index contributed by atoms with van der Waals surface area (Å²) in [5.41, 5.74) is 7.97. The summed E-state index contributed by atoms with van der Waals surface area (Å²) in [5.74, 6) is 1.57. The van der Waals surface area contributed by atoms with Gasteiger partial charge in [-0.2, -0.15) is 0 Å². The summed E-state index contributed by atoms with van der Waals surface area (Å²) in [5, 5.41) is 3.81. The van der Waals surface area contributed by atoms with Crippen LogP contribution in [0.5, 0.6) is 11.5 Å². The van der Waals surface area contributed by atoms with Gasteiger partial charge in [-0.25, -0.2) is 0 Å². The number of hydrogen-bond acceptors (Lipinski definition) is 3. The highest BCUT2D eigenvalue weighted by atomic mass is 16.5. The zero-order valence-corrected chi connectivity index (χ0v) is 19.1. The highest BCUT2D eigenvalue weighted by Crippen LogP contribution is 2.43. The van der Waals surface area contributed by atoms with Crippen molar-refractivity contribution in [3.05, 3.63) is 113 Å². The molecule has 1 unspecified atom stereocenters. The van der Waals surface area contributed by atoms with Crippen molar-refractivity contribution in [2.75, 3.05) is 19.5 Å². The molecule has 1 N–H and O–H groups in total. The first-order valence-electron chi connectivity index (χ1n) is 10.8. The minimum Gasteiger partial charge on any atom is -0.496 e. The minimum atomic E-state index is -0.0524. The van der Waals surface area contributed by atoms with Crippen molar-refractivity contribution in [2.24, 2.45) is 0 Å². The quantitative estimate of drug-likeness (QED) is 0.341. The maximum absolute atomic E-state index is 5.73. The molecule has 3 nitrogen and oxygen atoms in total. The molecule has 0 amide bonds. The zero-order valence-electron chi connectivity index (χ0n) is 19.1. The van der Waals surface area contributed by atoms with Gasteiger partial charge in [0.2, 0.25) is 0 Å². The molecule has 0 aliphatic rings. The van der Waals surface area contributed by atoms with Gasteiger partial charge in [0.25, 0.3) is 0 Å². The van der Waals surface area contributed by atoms with Crippen molar-refractivity contribution in [2.45, 2.75) is 19.9 Å². The molecule has 0 heterocycles. The van der Waals surface area contributed by atoms with E-state index < -0.39 is 0 Å². The number of ether oxygens (including phenoxy) is 2. The third-order valence-electron chi connectivity index (χ3n) is 5.78. The van der Waals surface area contributed by atoms with Gasteiger partial charge in [0.05, 0.1) is 25.8 Å². The van der Waals surface area contributed by atoms with Crippen molar-refractivity contribution in [3.8, 4) is 22.6 Å². The van der Waals surface area contributed by atoms with Crippen molar-refractivity contribution in [1.29, 1.82) is 0 Å².